The molecule has 0 bridgehead atoms. The molecule has 1 aromatic carbocycles. The number of amides is 1. The molecular weight excluding hydrogens is 328 g/mol. The highest BCUT2D eigenvalue weighted by Crippen LogP contribution is 2.21. The Morgan fingerprint density at radius 3 is 2.96 bits per heavy atom. The van der Waals surface area contributed by atoms with E-state index in [1.807, 2.05) is 31.2 Å². The van der Waals surface area contributed by atoms with E-state index >= 15 is 0 Å². The number of fused-ring (bicyclic) bond motifs is 1. The van der Waals surface area contributed by atoms with Crippen LogP contribution >= 0.6 is 0 Å². The molecule has 0 fully saturated rings. The molecular formula is C19H14N6O. The van der Waals surface area contributed by atoms with Gasteiger partial charge in [0.05, 0.1) is 23.1 Å². The molecule has 0 spiro atoms. The van der Waals surface area contributed by atoms with Crippen molar-refractivity contribution in [2.24, 2.45) is 0 Å². The standard InChI is InChI=1S/C19H14N6O/c1-3-14-7-4-5-8-16(14)25-17(11-13(2)23-25)22-19(26)15-12-21-24-10-6-9-20-18(15)24/h1,4-12H,2H3,(H,22,26). The molecule has 7 heteroatoms. The zero-order chi connectivity index (χ0) is 18.1. The molecule has 126 valence electrons. The predicted molar refractivity (Wildman–Crippen MR) is 97.2 cm³/mol. The second-order valence-corrected chi connectivity index (χ2v) is 5.64. The number of hydrogen-bond donors (Lipinski definition) is 1. The number of aryl methyl sites for hydroxylation is 1. The SMILES string of the molecule is C#Cc1ccccc1-n1nc(C)cc1NC(=O)c1cnn2cccnc12. The van der Waals surface area contributed by atoms with Crippen molar-refractivity contribution in [3.63, 3.8) is 0 Å². The summed E-state index contributed by atoms with van der Waals surface area (Å²) in [5, 5.41) is 11.5. The number of nitrogens with one attached hydrogen (secondary N) is 1. The van der Waals surface area contributed by atoms with Crippen LogP contribution in [0.1, 0.15) is 21.6 Å². The molecule has 3 heterocycles. The molecule has 7 nitrogen and oxygen atoms in total. The highest BCUT2D eigenvalue weighted by Gasteiger charge is 2.17. The van der Waals surface area contributed by atoms with Crippen molar-refractivity contribution in [3.05, 3.63) is 71.8 Å². The topological polar surface area (TPSA) is 77.1 Å². The summed E-state index contributed by atoms with van der Waals surface area (Å²) in [4.78, 5) is 17.0. The molecule has 0 saturated heterocycles. The lowest BCUT2D eigenvalue weighted by Gasteiger charge is -2.10. The van der Waals surface area contributed by atoms with E-state index in [4.69, 9.17) is 6.42 Å². The van der Waals surface area contributed by atoms with Crippen LogP contribution in [0.25, 0.3) is 11.3 Å². The Morgan fingerprint density at radius 2 is 2.12 bits per heavy atom. The van der Waals surface area contributed by atoms with Crippen molar-refractivity contribution in [3.8, 4) is 18.0 Å². The van der Waals surface area contributed by atoms with Crippen molar-refractivity contribution in [2.45, 2.75) is 6.92 Å². The number of benzene rings is 1. The van der Waals surface area contributed by atoms with Crippen LogP contribution in [-0.4, -0.2) is 30.3 Å². The summed E-state index contributed by atoms with van der Waals surface area (Å²) in [7, 11) is 0. The van der Waals surface area contributed by atoms with Gasteiger partial charge in [-0.25, -0.2) is 14.2 Å². The van der Waals surface area contributed by atoms with Gasteiger partial charge in [-0.1, -0.05) is 18.1 Å². The van der Waals surface area contributed by atoms with Gasteiger partial charge < -0.3 is 5.32 Å². The molecule has 26 heavy (non-hydrogen) atoms. The van der Waals surface area contributed by atoms with Crippen molar-refractivity contribution in [1.82, 2.24) is 24.4 Å². The summed E-state index contributed by atoms with van der Waals surface area (Å²) in [6.45, 7) is 1.85. The van der Waals surface area contributed by atoms with E-state index in [0.29, 0.717) is 22.6 Å². The maximum Gasteiger partial charge on any atom is 0.262 e. The van der Waals surface area contributed by atoms with E-state index in [1.54, 1.807) is 33.7 Å². The number of aromatic nitrogens is 5. The van der Waals surface area contributed by atoms with Crippen LogP contribution in [0.2, 0.25) is 0 Å². The number of anilines is 1. The van der Waals surface area contributed by atoms with Crippen molar-refractivity contribution >= 4 is 17.4 Å². The summed E-state index contributed by atoms with van der Waals surface area (Å²) >= 11 is 0. The van der Waals surface area contributed by atoms with E-state index in [2.05, 4.69) is 26.4 Å². The van der Waals surface area contributed by atoms with Crippen LogP contribution in [0.5, 0.6) is 0 Å². The van der Waals surface area contributed by atoms with Crippen molar-refractivity contribution in [2.75, 3.05) is 5.32 Å². The Hall–Kier alpha value is -3.92. The molecule has 0 aliphatic rings. The van der Waals surface area contributed by atoms with E-state index in [9.17, 15) is 4.79 Å². The molecule has 1 N–H and O–H groups in total. The van der Waals surface area contributed by atoms with Crippen molar-refractivity contribution < 1.29 is 4.79 Å². The maximum atomic E-state index is 12.8. The smallest absolute Gasteiger partial charge is 0.262 e. The third-order valence-electron chi connectivity index (χ3n) is 3.88. The largest absolute Gasteiger partial charge is 0.306 e. The molecule has 0 saturated carbocycles. The van der Waals surface area contributed by atoms with E-state index in [1.165, 1.54) is 6.20 Å². The highest BCUT2D eigenvalue weighted by atomic mass is 16.1. The molecule has 0 aliphatic carbocycles. The zero-order valence-electron chi connectivity index (χ0n) is 13.9. The van der Waals surface area contributed by atoms with Crippen molar-refractivity contribution in [1.29, 1.82) is 0 Å². The van der Waals surface area contributed by atoms with E-state index < -0.39 is 0 Å². The van der Waals surface area contributed by atoms with Gasteiger partial charge >= 0.3 is 0 Å². The Labute approximate surface area is 149 Å². The first-order valence-electron chi connectivity index (χ1n) is 7.90. The zero-order valence-corrected chi connectivity index (χ0v) is 13.9. The minimum Gasteiger partial charge on any atom is -0.306 e. The molecule has 1 amide bonds. The van der Waals surface area contributed by atoms with E-state index in [-0.39, 0.29) is 5.91 Å². The Balaban J connectivity index is 1.74. The lowest BCUT2D eigenvalue weighted by molar-refractivity contribution is 0.102. The summed E-state index contributed by atoms with van der Waals surface area (Å²) in [6.07, 6.45) is 10.4. The van der Waals surface area contributed by atoms with Gasteiger partial charge in [-0.2, -0.15) is 10.2 Å². The third-order valence-corrected chi connectivity index (χ3v) is 3.88. The highest BCUT2D eigenvalue weighted by molar-refractivity contribution is 6.07. The van der Waals surface area contributed by atoms with Crippen LogP contribution in [0, 0.1) is 19.3 Å². The molecule has 3 aromatic heterocycles. The first-order chi connectivity index (χ1) is 12.7. The lowest BCUT2D eigenvalue weighted by atomic mass is 10.2. The van der Waals surface area contributed by atoms with Crippen LogP contribution in [0.4, 0.5) is 5.82 Å². The number of nitrogens with zero attached hydrogens (tertiary/aromatic N) is 5. The van der Waals surface area contributed by atoms with Gasteiger partial charge in [-0.3, -0.25) is 4.79 Å². The van der Waals surface area contributed by atoms with Crippen LogP contribution in [0.15, 0.2) is 55.0 Å². The average molecular weight is 342 g/mol. The summed E-state index contributed by atoms with van der Waals surface area (Å²) < 4.78 is 3.17. The second kappa shape index (κ2) is 6.18. The molecule has 0 unspecified atom stereocenters. The summed E-state index contributed by atoms with van der Waals surface area (Å²) in [5.74, 6) is 2.84. The van der Waals surface area contributed by atoms with Gasteiger partial charge in [0, 0.05) is 18.5 Å². The minimum atomic E-state index is -0.321. The van der Waals surface area contributed by atoms with E-state index in [0.717, 1.165) is 11.4 Å². The minimum absolute atomic E-state index is 0.321. The number of terminal acetylenes is 1. The predicted octanol–water partition coefficient (Wildman–Crippen LogP) is 2.46. The fourth-order valence-corrected chi connectivity index (χ4v) is 2.72. The Bertz CT molecular complexity index is 1160. The molecule has 0 aliphatic heterocycles. The average Bonchev–Trinajstić information content (AvgIpc) is 3.25. The molecule has 0 radical (unpaired) electrons. The van der Waals surface area contributed by atoms with Crippen LogP contribution in [-0.2, 0) is 0 Å². The summed E-state index contributed by atoms with van der Waals surface area (Å²) in [6, 6.07) is 10.9. The van der Waals surface area contributed by atoms with Gasteiger partial charge in [0.25, 0.3) is 5.91 Å². The van der Waals surface area contributed by atoms with Gasteiger partial charge in [0.2, 0.25) is 0 Å². The molecule has 0 atom stereocenters. The number of carbonyl (C=O) groups is 1. The first kappa shape index (κ1) is 15.6. The number of hydrogen-bond acceptors (Lipinski definition) is 4. The second-order valence-electron chi connectivity index (χ2n) is 5.64. The van der Waals surface area contributed by atoms with Gasteiger partial charge in [-0.15, -0.1) is 6.42 Å². The fourth-order valence-electron chi connectivity index (χ4n) is 2.72. The van der Waals surface area contributed by atoms with Gasteiger partial charge in [-0.05, 0) is 25.1 Å². The number of rotatable bonds is 3. The number of carbonyl (C=O) groups excluding carboxylic acids is 1. The Morgan fingerprint density at radius 1 is 1.27 bits per heavy atom. The molecule has 4 rings (SSSR count). The molecule has 4 aromatic rings. The van der Waals surface area contributed by atoms with Crippen LogP contribution in [0.3, 0.4) is 0 Å². The summed E-state index contributed by atoms with van der Waals surface area (Å²) in [5.41, 5.74) is 3.02. The first-order valence-corrected chi connectivity index (χ1v) is 7.90. The van der Waals surface area contributed by atoms with Gasteiger partial charge in [0.15, 0.2) is 5.65 Å². The Kier molecular flexibility index (Phi) is 3.71. The third kappa shape index (κ3) is 2.59. The monoisotopic (exact) mass is 342 g/mol. The number of para-hydroxylation sites is 1. The maximum absolute atomic E-state index is 12.8. The van der Waals surface area contributed by atoms with Gasteiger partial charge in [0.1, 0.15) is 11.4 Å². The fraction of sp³-hybridized carbons (Fsp3) is 0.0526. The quantitative estimate of drug-likeness (QED) is 0.580. The van der Waals surface area contributed by atoms with Crippen LogP contribution < -0.4 is 5.32 Å². The lowest BCUT2D eigenvalue weighted by Crippen LogP contribution is -2.15. The normalized spacial score (nSPS) is 10.6.